The molecule has 154 valence electrons. The van der Waals surface area contributed by atoms with Crippen molar-refractivity contribution < 1.29 is 21.4 Å². The van der Waals surface area contributed by atoms with Crippen molar-refractivity contribution in [3.05, 3.63) is 69.6 Å². The Morgan fingerprint density at radius 1 is 0.667 bits per heavy atom. The predicted octanol–water partition coefficient (Wildman–Crippen LogP) is 5.08. The largest absolute Gasteiger partial charge is 0.295 e. The molecule has 0 atom stereocenters. The van der Waals surface area contributed by atoms with Gasteiger partial charge in [0, 0.05) is 20.1 Å². The van der Waals surface area contributed by atoms with Crippen molar-refractivity contribution in [2.24, 2.45) is 5.14 Å². The Morgan fingerprint density at radius 3 is 1.53 bits per heavy atom. The number of nitrogens with two attached hydrogens (primary N) is 1. The van der Waals surface area contributed by atoms with E-state index < -0.39 is 25.0 Å². The molecule has 0 aliphatic heterocycles. The fourth-order valence-electron chi connectivity index (χ4n) is 3.53. The Morgan fingerprint density at radius 2 is 1.10 bits per heavy atom. The Bertz CT molecular complexity index is 1450. The summed E-state index contributed by atoms with van der Waals surface area (Å²) in [5, 5.41) is 7.74. The molecule has 4 aromatic carbocycles. The molecule has 30 heavy (non-hydrogen) atoms. The van der Waals surface area contributed by atoms with Crippen molar-refractivity contribution in [1.82, 2.24) is 0 Å². The van der Waals surface area contributed by atoms with E-state index in [0.29, 0.717) is 21.5 Å². The van der Waals surface area contributed by atoms with Crippen LogP contribution < -0.4 is 5.14 Å². The van der Waals surface area contributed by atoms with E-state index in [1.807, 2.05) is 0 Å². The lowest BCUT2D eigenvalue weighted by molar-refractivity contribution is 0.483. The highest BCUT2D eigenvalue weighted by atomic mass is 79.9. The van der Waals surface area contributed by atoms with Gasteiger partial charge in [0.1, 0.15) is 4.90 Å². The maximum atomic E-state index is 12.4. The lowest BCUT2D eigenvalue weighted by Crippen LogP contribution is -2.14. The number of fused-ring (bicyclic) bond motifs is 2. The summed E-state index contributed by atoms with van der Waals surface area (Å²) in [7, 11) is -8.90. The van der Waals surface area contributed by atoms with Crippen LogP contribution in [-0.4, -0.2) is 21.4 Å². The van der Waals surface area contributed by atoms with E-state index in [4.69, 9.17) is 5.14 Å². The third kappa shape index (κ3) is 3.79. The molecule has 6 nitrogen and oxygen atoms in total. The van der Waals surface area contributed by atoms with Gasteiger partial charge in [0.2, 0.25) is 10.0 Å². The van der Waals surface area contributed by atoms with Gasteiger partial charge in [0.05, 0.1) is 4.90 Å². The van der Waals surface area contributed by atoms with Gasteiger partial charge in [-0.15, -0.1) is 0 Å². The van der Waals surface area contributed by atoms with E-state index in [9.17, 15) is 21.4 Å². The third-order valence-electron chi connectivity index (χ3n) is 4.72. The van der Waals surface area contributed by atoms with Gasteiger partial charge in [-0.25, -0.2) is 13.6 Å². The summed E-state index contributed by atoms with van der Waals surface area (Å²) in [5.41, 5.74) is 0.183. The normalized spacial score (nSPS) is 12.5. The minimum Gasteiger partial charge on any atom is -0.282 e. The van der Waals surface area contributed by atoms with Crippen LogP contribution in [0.2, 0.25) is 0 Å². The van der Waals surface area contributed by atoms with Crippen LogP contribution in [0.15, 0.2) is 79.4 Å². The molecule has 0 heterocycles. The molecule has 4 aromatic rings. The first-order chi connectivity index (χ1) is 14.0. The van der Waals surface area contributed by atoms with Gasteiger partial charge in [-0.3, -0.25) is 4.55 Å². The van der Waals surface area contributed by atoms with Gasteiger partial charge in [-0.05, 0) is 57.9 Å². The van der Waals surface area contributed by atoms with Gasteiger partial charge in [-0.1, -0.05) is 56.1 Å². The third-order valence-corrected chi connectivity index (χ3v) is 7.56. The highest BCUT2D eigenvalue weighted by Crippen LogP contribution is 2.42. The Kier molecular flexibility index (Phi) is 5.28. The SMILES string of the molecule is NS(=O)(=O)c1ccc2cc(Br)ccc2c1-c1c(S(=O)(=O)O)ccc2cc(Br)ccc12. The second-order valence-electron chi connectivity index (χ2n) is 6.63. The molecule has 0 bridgehead atoms. The van der Waals surface area contributed by atoms with E-state index in [1.54, 1.807) is 48.5 Å². The molecule has 0 unspecified atom stereocenters. The molecule has 4 rings (SSSR count). The van der Waals surface area contributed by atoms with Crippen LogP contribution in [0.5, 0.6) is 0 Å². The zero-order chi connectivity index (χ0) is 21.8. The molecule has 10 heteroatoms. The first kappa shape index (κ1) is 21.4. The molecule has 0 radical (unpaired) electrons. The molecule has 0 saturated heterocycles. The second kappa shape index (κ2) is 7.40. The highest BCUT2D eigenvalue weighted by Gasteiger charge is 2.26. The van der Waals surface area contributed by atoms with Crippen molar-refractivity contribution in [3.8, 4) is 11.1 Å². The first-order valence-corrected chi connectivity index (χ1v) is 13.0. The maximum Gasteiger partial charge on any atom is 0.295 e. The second-order valence-corrected chi connectivity index (χ2v) is 11.4. The molecule has 0 aliphatic carbocycles. The molecule has 0 spiro atoms. The lowest BCUT2D eigenvalue weighted by Gasteiger charge is -2.17. The molecular formula is C20H13Br2NO5S2. The minimum atomic E-state index is -4.68. The van der Waals surface area contributed by atoms with Gasteiger partial charge in [0.15, 0.2) is 0 Å². The van der Waals surface area contributed by atoms with E-state index in [1.165, 1.54) is 12.1 Å². The van der Waals surface area contributed by atoms with Gasteiger partial charge >= 0.3 is 0 Å². The summed E-state index contributed by atoms with van der Waals surface area (Å²) in [6.07, 6.45) is 0. The van der Waals surface area contributed by atoms with E-state index >= 15 is 0 Å². The van der Waals surface area contributed by atoms with Gasteiger partial charge in [0.25, 0.3) is 10.1 Å². The summed E-state index contributed by atoms with van der Waals surface area (Å²) in [6.45, 7) is 0. The van der Waals surface area contributed by atoms with Crippen molar-refractivity contribution in [2.45, 2.75) is 9.79 Å². The lowest BCUT2D eigenvalue weighted by atomic mass is 9.94. The predicted molar refractivity (Wildman–Crippen MR) is 123 cm³/mol. The summed E-state index contributed by atoms with van der Waals surface area (Å²) < 4.78 is 60.8. The monoisotopic (exact) mass is 569 g/mol. The Hall–Kier alpha value is -1.82. The molecule has 3 N–H and O–H groups in total. The van der Waals surface area contributed by atoms with Crippen LogP contribution in [0.25, 0.3) is 32.7 Å². The summed E-state index contributed by atoms with van der Waals surface area (Å²) >= 11 is 6.76. The number of rotatable bonds is 3. The van der Waals surface area contributed by atoms with Crippen molar-refractivity contribution in [3.63, 3.8) is 0 Å². The summed E-state index contributed by atoms with van der Waals surface area (Å²) in [6, 6.07) is 16.0. The van der Waals surface area contributed by atoms with Crippen molar-refractivity contribution >= 4 is 73.5 Å². The quantitative estimate of drug-likeness (QED) is 0.333. The number of primary sulfonamides is 1. The van der Waals surface area contributed by atoms with Crippen LogP contribution in [0.3, 0.4) is 0 Å². The molecule has 0 aliphatic rings. The van der Waals surface area contributed by atoms with Crippen molar-refractivity contribution in [1.29, 1.82) is 0 Å². The number of sulfonamides is 1. The number of hydrogen-bond acceptors (Lipinski definition) is 4. The minimum absolute atomic E-state index is 0.0689. The maximum absolute atomic E-state index is 12.4. The molecule has 0 saturated carbocycles. The summed E-state index contributed by atoms with van der Waals surface area (Å²) in [5.74, 6) is 0. The average Bonchev–Trinajstić information content (AvgIpc) is 2.64. The fourth-order valence-corrected chi connectivity index (χ4v) is 5.75. The molecule has 0 fully saturated rings. The van der Waals surface area contributed by atoms with Gasteiger partial charge < -0.3 is 0 Å². The first-order valence-electron chi connectivity index (χ1n) is 8.42. The van der Waals surface area contributed by atoms with E-state index in [0.717, 1.165) is 8.95 Å². The van der Waals surface area contributed by atoms with Crippen LogP contribution in [0, 0.1) is 0 Å². The number of halogens is 2. The molecule has 0 aromatic heterocycles. The standard InChI is InChI=1S/C20H13Br2NO5S2/c21-13-3-5-15-11(9-13)1-7-17(29(23,24)25)19(15)20-16-6-4-14(22)10-12(16)2-8-18(20)30(26,27)28/h1-10H,(H2,23,24,25)(H,26,27,28). The fraction of sp³-hybridized carbons (Fsp3) is 0. The zero-order valence-corrected chi connectivity index (χ0v) is 19.8. The average molecular weight is 571 g/mol. The van der Waals surface area contributed by atoms with E-state index in [2.05, 4.69) is 31.9 Å². The van der Waals surface area contributed by atoms with E-state index in [-0.39, 0.29) is 16.0 Å². The number of benzene rings is 4. The molecular weight excluding hydrogens is 558 g/mol. The smallest absolute Gasteiger partial charge is 0.282 e. The van der Waals surface area contributed by atoms with Crippen LogP contribution in [0.1, 0.15) is 0 Å². The Labute approximate surface area is 189 Å². The van der Waals surface area contributed by atoms with Crippen molar-refractivity contribution in [2.75, 3.05) is 0 Å². The highest BCUT2D eigenvalue weighted by molar-refractivity contribution is 9.10. The van der Waals surface area contributed by atoms with Crippen LogP contribution in [0.4, 0.5) is 0 Å². The van der Waals surface area contributed by atoms with Crippen LogP contribution >= 0.6 is 31.9 Å². The summed E-state index contributed by atoms with van der Waals surface area (Å²) in [4.78, 5) is -0.643. The van der Waals surface area contributed by atoms with Gasteiger partial charge in [-0.2, -0.15) is 8.42 Å². The number of hydrogen-bond donors (Lipinski definition) is 2. The van der Waals surface area contributed by atoms with Crippen LogP contribution in [-0.2, 0) is 20.1 Å². The molecule has 0 amide bonds. The Balaban J connectivity index is 2.33. The topological polar surface area (TPSA) is 115 Å². The zero-order valence-electron chi connectivity index (χ0n) is 15.0.